The van der Waals surface area contributed by atoms with Gasteiger partial charge in [0.25, 0.3) is 0 Å². The van der Waals surface area contributed by atoms with E-state index in [-0.39, 0.29) is 64.6 Å². The van der Waals surface area contributed by atoms with Gasteiger partial charge in [-0.3, -0.25) is 24.0 Å². The van der Waals surface area contributed by atoms with E-state index in [2.05, 4.69) is 0 Å². The zero-order valence-corrected chi connectivity index (χ0v) is 29.3. The Morgan fingerprint density at radius 3 is 1.65 bits per heavy atom. The van der Waals surface area contributed by atoms with Gasteiger partial charge in [0.05, 0.1) is 74.8 Å². The second kappa shape index (κ2) is 11.9. The predicted octanol–water partition coefficient (Wildman–Crippen LogP) is 4.32. The molecule has 49 heavy (non-hydrogen) atoms. The lowest BCUT2D eigenvalue weighted by atomic mass is 9.75. The maximum Gasteiger partial charge on any atom is 0.197 e. The highest BCUT2D eigenvalue weighted by Crippen LogP contribution is 2.72. The van der Waals surface area contributed by atoms with Crippen LogP contribution in [-0.4, -0.2) is 101 Å². The van der Waals surface area contributed by atoms with Crippen LogP contribution in [0.2, 0.25) is 0 Å². The number of carbonyl (C=O) groups is 4. The number of ether oxygens (including phenoxy) is 6. The fourth-order valence-electron chi connectivity index (χ4n) is 8.63. The summed E-state index contributed by atoms with van der Waals surface area (Å²) in [7, 11) is 3.13. The second-order valence-electron chi connectivity index (χ2n) is 14.2. The minimum atomic E-state index is -1.57. The summed E-state index contributed by atoms with van der Waals surface area (Å²) in [4.78, 5) is 73.7. The average Bonchev–Trinajstić information content (AvgIpc) is 3.81. The molecule has 1 aromatic heterocycles. The van der Waals surface area contributed by atoms with Crippen molar-refractivity contribution in [1.29, 1.82) is 0 Å². The molecule has 2 fully saturated rings. The Bertz CT molecular complexity index is 1990. The van der Waals surface area contributed by atoms with E-state index in [4.69, 9.17) is 28.4 Å². The lowest BCUT2D eigenvalue weighted by Crippen LogP contribution is -2.44. The minimum absolute atomic E-state index is 0.0177. The SMILES string of the molecule is COCCOCCOC12C(=O)c3c4c(c5c(=O)c6ccccc6sc5c3C(=O)C1C2(C)C)C(=O)C1(OCCOCCOC)C(C4=O)C1(C)C. The number of rotatable bonds is 14. The zero-order valence-electron chi connectivity index (χ0n) is 28.5. The number of ketones is 4. The van der Waals surface area contributed by atoms with Gasteiger partial charge in [0.1, 0.15) is 11.2 Å². The Labute approximate surface area is 287 Å². The molecule has 4 aliphatic carbocycles. The highest BCUT2D eigenvalue weighted by molar-refractivity contribution is 7.25. The molecule has 0 aliphatic heterocycles. The number of hydrogen-bond acceptors (Lipinski definition) is 12. The standard InChI is InChI=1S/C37H40O11S/c1-34(2)30-27(39)21-22(32(41)36(30,34)47-17-15-45-13-11-43-5)24-26(38)19-9-7-8-10-20(19)49-29(24)25-23(21)33(42)37(31(28(25)40)35(37,3)4)48-18-16-46-14-12-44-6/h7-10,30-31H,11-18H2,1-6H3. The summed E-state index contributed by atoms with van der Waals surface area (Å²) >= 11 is 1.17. The Kier molecular flexibility index (Phi) is 8.34. The molecular formula is C37H40O11S. The third-order valence-electron chi connectivity index (χ3n) is 11.2. The molecule has 0 spiro atoms. The van der Waals surface area contributed by atoms with Gasteiger partial charge in [-0.25, -0.2) is 0 Å². The summed E-state index contributed by atoms with van der Waals surface area (Å²) < 4.78 is 34.6. The molecule has 2 saturated carbocycles. The summed E-state index contributed by atoms with van der Waals surface area (Å²) in [5.74, 6) is -3.72. The lowest BCUT2D eigenvalue weighted by molar-refractivity contribution is -0.0266. The highest BCUT2D eigenvalue weighted by Gasteiger charge is 2.84. The summed E-state index contributed by atoms with van der Waals surface area (Å²) in [6.45, 7) is 8.94. The topological polar surface area (TPSA) is 141 Å². The smallest absolute Gasteiger partial charge is 0.197 e. The van der Waals surface area contributed by atoms with E-state index in [9.17, 15) is 24.0 Å². The minimum Gasteiger partial charge on any atom is -0.382 e. The van der Waals surface area contributed by atoms with Crippen LogP contribution in [0.3, 0.4) is 0 Å². The lowest BCUT2D eigenvalue weighted by Gasteiger charge is -2.31. The van der Waals surface area contributed by atoms with Gasteiger partial charge in [0, 0.05) is 57.4 Å². The summed E-state index contributed by atoms with van der Waals surface area (Å²) in [5.41, 5.74) is -5.91. The third kappa shape index (κ3) is 4.44. The Hall–Kier alpha value is -3.23. The van der Waals surface area contributed by atoms with Crippen LogP contribution in [0, 0.1) is 22.7 Å². The first-order valence-electron chi connectivity index (χ1n) is 16.5. The van der Waals surface area contributed by atoms with Crippen molar-refractivity contribution in [2.75, 3.05) is 67.1 Å². The van der Waals surface area contributed by atoms with Crippen molar-refractivity contribution in [2.24, 2.45) is 22.7 Å². The van der Waals surface area contributed by atoms with Gasteiger partial charge in [0.2, 0.25) is 0 Å². The van der Waals surface area contributed by atoms with Gasteiger partial charge in [0.15, 0.2) is 28.6 Å². The summed E-state index contributed by atoms with van der Waals surface area (Å²) in [6.07, 6.45) is 0. The number of carbonyl (C=O) groups excluding carboxylic acids is 4. The van der Waals surface area contributed by atoms with Gasteiger partial charge in [-0.15, -0.1) is 11.3 Å². The maximum atomic E-state index is 15.0. The van der Waals surface area contributed by atoms with E-state index in [0.717, 1.165) is 0 Å². The van der Waals surface area contributed by atoms with E-state index in [0.29, 0.717) is 36.5 Å². The molecule has 12 heteroatoms. The molecule has 0 bridgehead atoms. The normalized spacial score (nSPS) is 27.2. The summed E-state index contributed by atoms with van der Waals surface area (Å²) in [6, 6.07) is 6.93. The molecule has 11 nitrogen and oxygen atoms in total. The van der Waals surface area contributed by atoms with Crippen molar-refractivity contribution in [3.63, 3.8) is 0 Å². The van der Waals surface area contributed by atoms with Gasteiger partial charge in [-0.1, -0.05) is 39.8 Å². The molecule has 0 amide bonds. The Morgan fingerprint density at radius 2 is 1.10 bits per heavy atom. The fraction of sp³-hybridized carbons (Fsp3) is 0.541. The molecule has 4 aliphatic rings. The summed E-state index contributed by atoms with van der Waals surface area (Å²) in [5, 5.41) is 0.337. The molecule has 7 rings (SSSR count). The van der Waals surface area contributed by atoms with Crippen molar-refractivity contribution in [2.45, 2.75) is 38.9 Å². The van der Waals surface area contributed by atoms with E-state index >= 15 is 0 Å². The van der Waals surface area contributed by atoms with Gasteiger partial charge < -0.3 is 28.4 Å². The molecule has 260 valence electrons. The quantitative estimate of drug-likeness (QED) is 0.176. The van der Waals surface area contributed by atoms with E-state index in [1.807, 2.05) is 0 Å². The van der Waals surface area contributed by atoms with E-state index < -0.39 is 56.6 Å². The van der Waals surface area contributed by atoms with E-state index in [1.165, 1.54) is 11.3 Å². The first kappa shape index (κ1) is 34.2. The van der Waals surface area contributed by atoms with E-state index in [1.54, 1.807) is 66.2 Å². The third-order valence-corrected chi connectivity index (χ3v) is 12.3. The van der Waals surface area contributed by atoms with Crippen molar-refractivity contribution in [1.82, 2.24) is 0 Å². The first-order chi connectivity index (χ1) is 23.4. The van der Waals surface area contributed by atoms with Crippen molar-refractivity contribution in [3.05, 3.63) is 56.7 Å². The Morgan fingerprint density at radius 1 is 0.612 bits per heavy atom. The molecule has 0 radical (unpaired) electrons. The van der Waals surface area contributed by atoms with Crippen LogP contribution in [-0.2, 0) is 28.4 Å². The van der Waals surface area contributed by atoms with Crippen LogP contribution < -0.4 is 5.43 Å². The molecule has 4 atom stereocenters. The highest BCUT2D eigenvalue weighted by atomic mass is 32.1. The average molecular weight is 693 g/mol. The van der Waals surface area contributed by atoms with Crippen molar-refractivity contribution in [3.8, 4) is 0 Å². The molecule has 0 N–H and O–H groups in total. The zero-order chi connectivity index (χ0) is 35.1. The molecular weight excluding hydrogens is 652 g/mol. The van der Waals surface area contributed by atoms with Gasteiger partial charge in [-0.2, -0.15) is 0 Å². The van der Waals surface area contributed by atoms with Gasteiger partial charge in [-0.05, 0) is 12.1 Å². The second-order valence-corrected chi connectivity index (χ2v) is 15.3. The fourth-order valence-corrected chi connectivity index (χ4v) is 9.87. The molecule has 4 unspecified atom stereocenters. The molecule has 3 aromatic rings. The number of hydrogen-bond donors (Lipinski definition) is 0. The van der Waals surface area contributed by atoms with Crippen LogP contribution in [0.15, 0.2) is 29.1 Å². The number of fused-ring (bicyclic) bond motifs is 9. The number of methoxy groups -OCH3 is 2. The number of Topliss-reactive ketones (excluding diaryl/α,β-unsaturated/α-hetero) is 4. The molecule has 1 heterocycles. The van der Waals surface area contributed by atoms with Crippen LogP contribution in [0.1, 0.15) is 69.1 Å². The predicted molar refractivity (Wildman–Crippen MR) is 180 cm³/mol. The molecule has 0 saturated heterocycles. The number of benzene rings is 2. The maximum absolute atomic E-state index is 15.0. The largest absolute Gasteiger partial charge is 0.382 e. The van der Waals surface area contributed by atoms with Crippen LogP contribution in [0.4, 0.5) is 0 Å². The Balaban J connectivity index is 1.42. The van der Waals surface area contributed by atoms with Gasteiger partial charge >= 0.3 is 0 Å². The van der Waals surface area contributed by atoms with Crippen molar-refractivity contribution < 1.29 is 47.6 Å². The van der Waals surface area contributed by atoms with Crippen molar-refractivity contribution >= 4 is 54.6 Å². The first-order valence-corrected chi connectivity index (χ1v) is 17.3. The van der Waals surface area contributed by atoms with Crippen LogP contribution in [0.5, 0.6) is 0 Å². The van der Waals surface area contributed by atoms with Crippen LogP contribution >= 0.6 is 11.3 Å². The van der Waals surface area contributed by atoms with Crippen LogP contribution in [0.25, 0.3) is 20.2 Å². The monoisotopic (exact) mass is 692 g/mol. The molecule has 2 aromatic carbocycles.